The molecule has 0 spiro atoms. The number of halogens is 1. The first-order valence-corrected chi connectivity index (χ1v) is 12.1. The van der Waals surface area contributed by atoms with Gasteiger partial charge in [0.2, 0.25) is 0 Å². The number of methoxy groups -OCH3 is 1. The van der Waals surface area contributed by atoms with Crippen LogP contribution in [0.3, 0.4) is 0 Å². The van der Waals surface area contributed by atoms with Crippen molar-refractivity contribution >= 4 is 50.9 Å². The molecule has 1 aliphatic rings. The highest BCUT2D eigenvalue weighted by Crippen LogP contribution is 2.42. The Bertz CT molecular complexity index is 1740. The Morgan fingerprint density at radius 2 is 1.73 bits per heavy atom. The van der Waals surface area contributed by atoms with E-state index in [-0.39, 0.29) is 5.75 Å². The SMILES string of the molecule is COc1cccc(NCCn2c3ccc(O)cc3c3c4c(c(-c5ccccc5Cl)cc32)C(=O)NC4=O)c1. The average molecular weight is 512 g/mol. The van der Waals surface area contributed by atoms with E-state index in [1.54, 1.807) is 25.3 Å². The van der Waals surface area contributed by atoms with Crippen LogP contribution in [0.2, 0.25) is 5.02 Å². The van der Waals surface area contributed by atoms with E-state index in [4.69, 9.17) is 16.3 Å². The van der Waals surface area contributed by atoms with E-state index in [0.29, 0.717) is 51.1 Å². The van der Waals surface area contributed by atoms with E-state index in [0.717, 1.165) is 22.5 Å². The van der Waals surface area contributed by atoms with Gasteiger partial charge in [-0.15, -0.1) is 0 Å². The number of carbonyl (C=O) groups is 2. The number of imide groups is 1. The molecule has 0 bridgehead atoms. The number of rotatable bonds is 6. The third-order valence-electron chi connectivity index (χ3n) is 6.72. The molecule has 0 unspecified atom stereocenters. The Kier molecular flexibility index (Phi) is 5.50. The van der Waals surface area contributed by atoms with Crippen LogP contribution in [-0.2, 0) is 6.54 Å². The lowest BCUT2D eigenvalue weighted by Gasteiger charge is -2.13. The van der Waals surface area contributed by atoms with Gasteiger partial charge in [-0.2, -0.15) is 0 Å². The Labute approximate surface area is 217 Å². The van der Waals surface area contributed by atoms with Crippen LogP contribution < -0.4 is 15.4 Å². The van der Waals surface area contributed by atoms with E-state index < -0.39 is 11.8 Å². The number of phenols is 1. The Morgan fingerprint density at radius 1 is 0.919 bits per heavy atom. The van der Waals surface area contributed by atoms with Gasteiger partial charge in [0.05, 0.1) is 23.8 Å². The lowest BCUT2D eigenvalue weighted by Crippen LogP contribution is -2.20. The van der Waals surface area contributed by atoms with Crippen molar-refractivity contribution in [2.24, 2.45) is 0 Å². The first-order chi connectivity index (χ1) is 18.0. The number of carbonyl (C=O) groups excluding carboxylic acids is 2. The van der Waals surface area contributed by atoms with E-state index in [1.807, 2.05) is 54.6 Å². The number of ether oxygens (including phenoxy) is 1. The summed E-state index contributed by atoms with van der Waals surface area (Å²) in [6.45, 7) is 1.13. The van der Waals surface area contributed by atoms with Gasteiger partial charge in [-0.1, -0.05) is 35.9 Å². The van der Waals surface area contributed by atoms with E-state index in [1.165, 1.54) is 0 Å². The lowest BCUT2D eigenvalue weighted by molar-refractivity contribution is 0.0880. The molecule has 2 heterocycles. The van der Waals surface area contributed by atoms with Gasteiger partial charge in [0.15, 0.2) is 0 Å². The van der Waals surface area contributed by atoms with Crippen LogP contribution in [0.15, 0.2) is 72.8 Å². The minimum absolute atomic E-state index is 0.0784. The molecule has 0 fully saturated rings. The number of aromatic hydroxyl groups is 1. The summed E-state index contributed by atoms with van der Waals surface area (Å²) in [6.07, 6.45) is 0. The summed E-state index contributed by atoms with van der Waals surface area (Å²) in [4.78, 5) is 26.1. The molecule has 8 heteroatoms. The molecule has 0 saturated carbocycles. The summed E-state index contributed by atoms with van der Waals surface area (Å²) < 4.78 is 7.41. The second-order valence-corrected chi connectivity index (χ2v) is 9.25. The van der Waals surface area contributed by atoms with Gasteiger partial charge in [-0.05, 0) is 48.0 Å². The van der Waals surface area contributed by atoms with Crippen molar-refractivity contribution in [3.8, 4) is 22.6 Å². The van der Waals surface area contributed by atoms with Crippen molar-refractivity contribution in [3.05, 3.63) is 88.9 Å². The van der Waals surface area contributed by atoms with Crippen molar-refractivity contribution in [2.45, 2.75) is 6.54 Å². The van der Waals surface area contributed by atoms with E-state index in [9.17, 15) is 14.7 Å². The fraction of sp³-hybridized carbons (Fsp3) is 0.103. The molecule has 7 nitrogen and oxygen atoms in total. The zero-order chi connectivity index (χ0) is 25.7. The number of fused-ring (bicyclic) bond motifs is 5. The lowest BCUT2D eigenvalue weighted by atomic mass is 9.93. The summed E-state index contributed by atoms with van der Waals surface area (Å²) in [7, 11) is 1.63. The molecule has 1 aliphatic heterocycles. The van der Waals surface area contributed by atoms with Crippen molar-refractivity contribution in [1.82, 2.24) is 9.88 Å². The predicted molar refractivity (Wildman–Crippen MR) is 145 cm³/mol. The number of nitrogens with one attached hydrogen (secondary N) is 2. The second kappa shape index (κ2) is 8.87. The first kappa shape index (κ1) is 22.9. The van der Waals surface area contributed by atoms with Gasteiger partial charge in [-0.3, -0.25) is 14.9 Å². The molecular formula is C29H22ClN3O4. The van der Waals surface area contributed by atoms with Gasteiger partial charge in [0, 0.05) is 51.7 Å². The van der Waals surface area contributed by atoms with Gasteiger partial charge in [0.25, 0.3) is 11.8 Å². The normalized spacial score (nSPS) is 12.7. The third kappa shape index (κ3) is 3.75. The summed E-state index contributed by atoms with van der Waals surface area (Å²) >= 11 is 6.53. The van der Waals surface area contributed by atoms with E-state index >= 15 is 0 Å². The molecule has 1 aromatic heterocycles. The number of hydrogen-bond acceptors (Lipinski definition) is 5. The minimum atomic E-state index is -0.462. The number of anilines is 1. The maximum atomic E-state index is 13.1. The maximum absolute atomic E-state index is 13.1. The molecule has 0 aliphatic carbocycles. The number of nitrogens with zero attached hydrogens (tertiary/aromatic N) is 1. The minimum Gasteiger partial charge on any atom is -0.508 e. The third-order valence-corrected chi connectivity index (χ3v) is 7.05. The quantitative estimate of drug-likeness (QED) is 0.250. The zero-order valence-electron chi connectivity index (χ0n) is 19.8. The fourth-order valence-corrected chi connectivity index (χ4v) is 5.35. The number of hydrogen-bond donors (Lipinski definition) is 3. The van der Waals surface area contributed by atoms with Gasteiger partial charge in [0.1, 0.15) is 11.5 Å². The van der Waals surface area contributed by atoms with Crippen molar-refractivity contribution < 1.29 is 19.4 Å². The number of aromatic nitrogens is 1. The number of phenolic OH excluding ortho intramolecular Hbond substituents is 1. The highest BCUT2D eigenvalue weighted by atomic mass is 35.5. The predicted octanol–water partition coefficient (Wildman–Crippen LogP) is 5.82. The van der Waals surface area contributed by atoms with Gasteiger partial charge >= 0.3 is 0 Å². The molecule has 4 aromatic carbocycles. The summed E-state index contributed by atoms with van der Waals surface area (Å²) in [6, 6.07) is 21.9. The Balaban J connectivity index is 1.56. The molecule has 6 rings (SSSR count). The highest BCUT2D eigenvalue weighted by Gasteiger charge is 2.34. The topological polar surface area (TPSA) is 92.6 Å². The first-order valence-electron chi connectivity index (χ1n) is 11.8. The molecule has 5 aromatic rings. The molecule has 2 amide bonds. The molecule has 0 saturated heterocycles. The second-order valence-electron chi connectivity index (χ2n) is 8.84. The van der Waals surface area contributed by atoms with Crippen LogP contribution in [0.5, 0.6) is 11.5 Å². The standard InChI is InChI=1S/C29H22ClN3O4/c1-37-18-6-4-5-16(13-18)31-11-12-33-23-10-9-17(34)14-21(23)25-24(33)15-20(19-7-2-3-8-22(19)30)26-27(25)29(36)32-28(26)35/h2-10,13-15,31,34H,11-12H2,1H3,(H,32,35,36). The summed E-state index contributed by atoms with van der Waals surface area (Å²) in [5.41, 5.74) is 4.37. The average Bonchev–Trinajstić information content (AvgIpc) is 3.36. The zero-order valence-corrected chi connectivity index (χ0v) is 20.6. The molecule has 0 radical (unpaired) electrons. The fourth-order valence-electron chi connectivity index (χ4n) is 5.11. The van der Waals surface area contributed by atoms with Gasteiger partial charge < -0.3 is 19.7 Å². The molecule has 184 valence electrons. The molecule has 0 atom stereocenters. The van der Waals surface area contributed by atoms with Crippen LogP contribution in [-0.4, -0.2) is 35.1 Å². The smallest absolute Gasteiger partial charge is 0.259 e. The van der Waals surface area contributed by atoms with E-state index in [2.05, 4.69) is 15.2 Å². The summed E-state index contributed by atoms with van der Waals surface area (Å²) in [5.74, 6) is -0.0870. The van der Waals surface area contributed by atoms with Crippen LogP contribution in [0.25, 0.3) is 32.9 Å². The van der Waals surface area contributed by atoms with Crippen LogP contribution in [0, 0.1) is 0 Å². The van der Waals surface area contributed by atoms with Crippen LogP contribution in [0.4, 0.5) is 5.69 Å². The monoisotopic (exact) mass is 511 g/mol. The van der Waals surface area contributed by atoms with Crippen molar-refractivity contribution in [3.63, 3.8) is 0 Å². The molecular weight excluding hydrogens is 490 g/mol. The van der Waals surface area contributed by atoms with Crippen molar-refractivity contribution in [2.75, 3.05) is 19.0 Å². The molecule has 37 heavy (non-hydrogen) atoms. The number of amides is 2. The van der Waals surface area contributed by atoms with Crippen molar-refractivity contribution in [1.29, 1.82) is 0 Å². The molecule has 3 N–H and O–H groups in total. The maximum Gasteiger partial charge on any atom is 0.259 e. The van der Waals surface area contributed by atoms with Crippen LogP contribution >= 0.6 is 11.6 Å². The largest absolute Gasteiger partial charge is 0.508 e. The van der Waals surface area contributed by atoms with Gasteiger partial charge in [-0.25, -0.2) is 0 Å². The van der Waals surface area contributed by atoms with Crippen LogP contribution in [0.1, 0.15) is 20.7 Å². The Morgan fingerprint density at radius 3 is 2.54 bits per heavy atom. The highest BCUT2D eigenvalue weighted by molar-refractivity contribution is 6.36. The Hall–Kier alpha value is -4.49. The number of benzene rings is 4. The summed E-state index contributed by atoms with van der Waals surface area (Å²) in [5, 5.41) is 18.0.